The smallest absolute Gasteiger partial charge is 0.122 e. The van der Waals surface area contributed by atoms with E-state index in [9.17, 15) is 0 Å². The Morgan fingerprint density at radius 1 is 1.62 bits per heavy atom. The molecule has 0 saturated heterocycles. The summed E-state index contributed by atoms with van der Waals surface area (Å²) in [5, 5.41) is 12.0. The van der Waals surface area contributed by atoms with E-state index in [4.69, 9.17) is 5.26 Å². The molecule has 2 nitrogen and oxygen atoms in total. The number of thiophene rings is 1. The van der Waals surface area contributed by atoms with Gasteiger partial charge in [0, 0.05) is 16.9 Å². The summed E-state index contributed by atoms with van der Waals surface area (Å²) in [4.78, 5) is 1.97. The second-order valence-electron chi connectivity index (χ2n) is 3.33. The number of halogens is 1. The van der Waals surface area contributed by atoms with Crippen LogP contribution in [0.3, 0.4) is 0 Å². The molecule has 0 atom stereocenters. The Morgan fingerprint density at radius 2 is 2.23 bits per heavy atom. The lowest BCUT2D eigenvalue weighted by molar-refractivity contribution is 0.621. The van der Waals surface area contributed by atoms with Crippen molar-refractivity contribution in [2.45, 2.75) is 19.4 Å². The first kappa shape index (κ1) is 10.6. The molecule has 0 aliphatic carbocycles. The molecule has 0 aromatic carbocycles. The van der Waals surface area contributed by atoms with Crippen LogP contribution in [0.15, 0.2) is 15.9 Å². The fourth-order valence-corrected chi connectivity index (χ4v) is 2.36. The van der Waals surface area contributed by atoms with Crippen LogP contribution >= 0.6 is 27.3 Å². The third kappa shape index (κ3) is 2.23. The SMILES string of the molecule is CN(c1cc(Br)cs1)C(C)(C)C#N. The van der Waals surface area contributed by atoms with Gasteiger partial charge in [0.05, 0.1) is 11.1 Å². The summed E-state index contributed by atoms with van der Waals surface area (Å²) < 4.78 is 1.06. The lowest BCUT2D eigenvalue weighted by Crippen LogP contribution is -2.39. The highest BCUT2D eigenvalue weighted by Gasteiger charge is 2.23. The molecule has 0 N–H and O–H groups in total. The zero-order valence-corrected chi connectivity index (χ0v) is 10.2. The third-order valence-electron chi connectivity index (χ3n) is 2.00. The molecule has 0 bridgehead atoms. The third-order valence-corrected chi connectivity index (χ3v) is 3.76. The van der Waals surface area contributed by atoms with Crippen molar-refractivity contribution in [1.82, 2.24) is 0 Å². The normalized spacial score (nSPS) is 11.0. The predicted molar refractivity (Wildman–Crippen MR) is 60.1 cm³/mol. The highest BCUT2D eigenvalue weighted by atomic mass is 79.9. The van der Waals surface area contributed by atoms with Crippen molar-refractivity contribution in [3.63, 3.8) is 0 Å². The zero-order chi connectivity index (χ0) is 10.1. The minimum atomic E-state index is -0.454. The fraction of sp³-hybridized carbons (Fsp3) is 0.444. The van der Waals surface area contributed by atoms with E-state index in [2.05, 4.69) is 22.0 Å². The van der Waals surface area contributed by atoms with Crippen LogP contribution < -0.4 is 4.90 Å². The second kappa shape index (κ2) is 3.69. The number of nitriles is 1. The Morgan fingerprint density at radius 3 is 2.62 bits per heavy atom. The largest absolute Gasteiger partial charge is 0.349 e. The molecule has 1 rings (SSSR count). The average Bonchev–Trinajstić information content (AvgIpc) is 2.50. The topological polar surface area (TPSA) is 27.0 Å². The Hall–Kier alpha value is -0.530. The molecule has 70 valence electrons. The van der Waals surface area contributed by atoms with Gasteiger partial charge in [0.15, 0.2) is 0 Å². The zero-order valence-electron chi connectivity index (χ0n) is 7.84. The lowest BCUT2D eigenvalue weighted by atomic mass is 10.1. The molecule has 0 amide bonds. The summed E-state index contributed by atoms with van der Waals surface area (Å²) in [6.07, 6.45) is 0. The number of hydrogen-bond acceptors (Lipinski definition) is 3. The van der Waals surface area contributed by atoms with Crippen LogP contribution in [0.1, 0.15) is 13.8 Å². The molecule has 0 saturated carbocycles. The summed E-state index contributed by atoms with van der Waals surface area (Å²) >= 11 is 5.02. The van der Waals surface area contributed by atoms with Crippen LogP contribution in [0, 0.1) is 11.3 Å². The van der Waals surface area contributed by atoms with Crippen LogP contribution in [-0.2, 0) is 0 Å². The highest BCUT2D eigenvalue weighted by Crippen LogP contribution is 2.31. The van der Waals surface area contributed by atoms with Gasteiger partial charge in [0.1, 0.15) is 5.54 Å². The van der Waals surface area contributed by atoms with Gasteiger partial charge in [-0.15, -0.1) is 11.3 Å². The van der Waals surface area contributed by atoms with Gasteiger partial charge in [0.2, 0.25) is 0 Å². The van der Waals surface area contributed by atoms with E-state index in [-0.39, 0.29) is 0 Å². The van der Waals surface area contributed by atoms with E-state index in [0.29, 0.717) is 0 Å². The maximum absolute atomic E-state index is 8.93. The maximum Gasteiger partial charge on any atom is 0.122 e. The molecule has 1 aromatic heterocycles. The average molecular weight is 259 g/mol. The van der Waals surface area contributed by atoms with Gasteiger partial charge in [0.25, 0.3) is 0 Å². The predicted octanol–water partition coefficient (Wildman–Crippen LogP) is 3.25. The van der Waals surface area contributed by atoms with Gasteiger partial charge in [-0.2, -0.15) is 5.26 Å². The second-order valence-corrected chi connectivity index (χ2v) is 5.14. The molecule has 1 aromatic rings. The summed E-state index contributed by atoms with van der Waals surface area (Å²) in [6.45, 7) is 3.81. The summed E-state index contributed by atoms with van der Waals surface area (Å²) in [6, 6.07) is 4.28. The molecule has 0 radical (unpaired) electrons. The van der Waals surface area contributed by atoms with Gasteiger partial charge in [-0.3, -0.25) is 0 Å². The molecule has 0 aliphatic heterocycles. The molecule has 1 heterocycles. The first-order valence-electron chi connectivity index (χ1n) is 3.86. The van der Waals surface area contributed by atoms with Crippen LogP contribution in [0.5, 0.6) is 0 Å². The van der Waals surface area contributed by atoms with Crippen molar-refractivity contribution < 1.29 is 0 Å². The standard InChI is InChI=1S/C9H11BrN2S/c1-9(2,6-11)12(3)8-4-7(10)5-13-8/h4-5H,1-3H3. The number of hydrogen-bond donors (Lipinski definition) is 0. The van der Waals surface area contributed by atoms with Crippen molar-refractivity contribution in [3.8, 4) is 6.07 Å². The van der Waals surface area contributed by atoms with Gasteiger partial charge < -0.3 is 4.90 Å². The minimum absolute atomic E-state index is 0.454. The highest BCUT2D eigenvalue weighted by molar-refractivity contribution is 9.10. The quantitative estimate of drug-likeness (QED) is 0.815. The molecule has 0 spiro atoms. The van der Waals surface area contributed by atoms with E-state index in [0.717, 1.165) is 9.47 Å². The lowest BCUT2D eigenvalue weighted by Gasteiger charge is -2.29. The molecular formula is C9H11BrN2S. The minimum Gasteiger partial charge on any atom is -0.349 e. The van der Waals surface area contributed by atoms with Crippen molar-refractivity contribution >= 4 is 32.3 Å². The van der Waals surface area contributed by atoms with E-state index in [1.165, 1.54) is 0 Å². The van der Waals surface area contributed by atoms with E-state index >= 15 is 0 Å². The van der Waals surface area contributed by atoms with Crippen LogP contribution in [-0.4, -0.2) is 12.6 Å². The molecular weight excluding hydrogens is 248 g/mol. The summed E-state index contributed by atoms with van der Waals surface area (Å²) in [5.41, 5.74) is -0.454. The van der Waals surface area contributed by atoms with Crippen molar-refractivity contribution in [2.75, 3.05) is 11.9 Å². The molecule has 0 fully saturated rings. The monoisotopic (exact) mass is 258 g/mol. The van der Waals surface area contributed by atoms with Crippen molar-refractivity contribution in [2.24, 2.45) is 0 Å². The van der Waals surface area contributed by atoms with E-state index in [1.54, 1.807) is 11.3 Å². The van der Waals surface area contributed by atoms with E-state index in [1.807, 2.05) is 37.2 Å². The first-order chi connectivity index (χ1) is 5.97. The van der Waals surface area contributed by atoms with Gasteiger partial charge in [-0.1, -0.05) is 0 Å². The van der Waals surface area contributed by atoms with Gasteiger partial charge in [-0.25, -0.2) is 0 Å². The first-order valence-corrected chi connectivity index (χ1v) is 5.54. The van der Waals surface area contributed by atoms with Crippen molar-refractivity contribution in [1.29, 1.82) is 5.26 Å². The summed E-state index contributed by atoms with van der Waals surface area (Å²) in [7, 11) is 1.93. The van der Waals surface area contributed by atoms with E-state index < -0.39 is 5.54 Å². The van der Waals surface area contributed by atoms with Crippen LogP contribution in [0.4, 0.5) is 5.00 Å². The maximum atomic E-state index is 8.93. The Labute approximate surface area is 90.9 Å². The Kier molecular flexibility index (Phi) is 2.99. The van der Waals surface area contributed by atoms with Gasteiger partial charge >= 0.3 is 0 Å². The van der Waals surface area contributed by atoms with Crippen LogP contribution in [0.2, 0.25) is 0 Å². The molecule has 4 heteroatoms. The fourth-order valence-electron chi connectivity index (χ4n) is 0.829. The summed E-state index contributed by atoms with van der Waals surface area (Å²) in [5.74, 6) is 0. The number of nitrogens with zero attached hydrogens (tertiary/aromatic N) is 2. The Bertz CT molecular complexity index is 338. The molecule has 13 heavy (non-hydrogen) atoms. The van der Waals surface area contributed by atoms with Gasteiger partial charge in [-0.05, 0) is 35.8 Å². The van der Waals surface area contributed by atoms with Crippen LogP contribution in [0.25, 0.3) is 0 Å². The molecule has 0 aliphatic rings. The number of anilines is 1. The Balaban J connectivity index is 2.92. The number of rotatable bonds is 2. The van der Waals surface area contributed by atoms with Crippen molar-refractivity contribution in [3.05, 3.63) is 15.9 Å². The molecule has 0 unspecified atom stereocenters.